The Labute approximate surface area is 180 Å². The van der Waals surface area contributed by atoms with Gasteiger partial charge in [-0.1, -0.05) is 54.6 Å². The van der Waals surface area contributed by atoms with E-state index in [0.717, 1.165) is 17.5 Å². The topological polar surface area (TPSA) is 63.7 Å². The minimum absolute atomic E-state index is 0.00692. The third-order valence-corrected chi connectivity index (χ3v) is 7.49. The second-order valence-electron chi connectivity index (χ2n) is 9.10. The number of benzene rings is 2. The summed E-state index contributed by atoms with van der Waals surface area (Å²) in [5.41, 5.74) is 2.13. The Morgan fingerprint density at radius 1 is 0.839 bits per heavy atom. The lowest BCUT2D eigenvalue weighted by molar-refractivity contribution is -0.141. The predicted molar refractivity (Wildman–Crippen MR) is 114 cm³/mol. The number of ether oxygens (including phenoxy) is 1. The normalized spacial score (nSPS) is 32.1. The van der Waals surface area contributed by atoms with Crippen LogP contribution in [0.4, 0.5) is 0 Å². The molecule has 2 aromatic carbocycles. The summed E-state index contributed by atoms with van der Waals surface area (Å²) in [6.45, 7) is 0.0976. The van der Waals surface area contributed by atoms with Crippen molar-refractivity contribution in [3.05, 3.63) is 66.7 Å². The summed E-state index contributed by atoms with van der Waals surface area (Å²) in [6, 6.07) is 17.3. The first-order chi connectivity index (χ1) is 15.1. The molecule has 0 aromatic heterocycles. The Bertz CT molecular complexity index is 1050. The molecule has 0 N–H and O–H groups in total. The van der Waals surface area contributed by atoms with Crippen molar-refractivity contribution in [2.45, 2.75) is 12.8 Å². The van der Waals surface area contributed by atoms with E-state index in [4.69, 9.17) is 4.74 Å². The van der Waals surface area contributed by atoms with E-state index in [0.29, 0.717) is 17.6 Å². The van der Waals surface area contributed by atoms with Crippen molar-refractivity contribution < 1.29 is 19.1 Å². The van der Waals surface area contributed by atoms with Gasteiger partial charge in [0.05, 0.1) is 18.3 Å². The van der Waals surface area contributed by atoms with Crippen LogP contribution in [-0.4, -0.2) is 29.2 Å². The number of carbonyl (C=O) groups is 3. The summed E-state index contributed by atoms with van der Waals surface area (Å²) < 4.78 is 5.43. The number of carbonyl (C=O) groups excluding carboxylic acids is 3. The van der Waals surface area contributed by atoms with Crippen LogP contribution >= 0.6 is 0 Å². The summed E-state index contributed by atoms with van der Waals surface area (Å²) in [5.74, 6) is 0.966. The van der Waals surface area contributed by atoms with Crippen molar-refractivity contribution >= 4 is 17.8 Å². The van der Waals surface area contributed by atoms with Gasteiger partial charge in [-0.2, -0.15) is 0 Å². The van der Waals surface area contributed by atoms with Gasteiger partial charge in [-0.05, 0) is 53.4 Å². The molecule has 2 aromatic rings. The molecule has 6 atom stereocenters. The standard InChI is InChI=1S/C26H23NO4/c28-22(31-17-8-6-16(7-9-17)15-4-2-1-3-5-15)12-13-27-25(29)23-18-10-11-19(21-14-20(18)21)24(23)26(27)30/h1-11,18-21,23-24H,12-14H2/t18-,19+,20-,21-,23+,24+/m1/s1. The van der Waals surface area contributed by atoms with Gasteiger partial charge in [-0.3, -0.25) is 19.3 Å². The molecule has 5 aliphatic rings. The van der Waals surface area contributed by atoms with Crippen molar-refractivity contribution in [1.82, 2.24) is 4.90 Å². The third kappa shape index (κ3) is 2.94. The second kappa shape index (κ2) is 6.91. The number of nitrogens with zero attached hydrogens (tertiary/aromatic N) is 1. The molecule has 2 saturated carbocycles. The fourth-order valence-corrected chi connectivity index (χ4v) is 5.97. The first-order valence-electron chi connectivity index (χ1n) is 11.0. The molecule has 0 unspecified atom stereocenters. The lowest BCUT2D eigenvalue weighted by Crippen LogP contribution is -2.40. The first kappa shape index (κ1) is 18.6. The minimum atomic E-state index is -0.438. The number of amides is 2. The first-order valence-corrected chi connectivity index (χ1v) is 11.0. The van der Waals surface area contributed by atoms with E-state index in [1.165, 1.54) is 4.90 Å². The monoisotopic (exact) mass is 413 g/mol. The summed E-state index contributed by atoms with van der Waals surface area (Å²) >= 11 is 0. The molecule has 1 saturated heterocycles. The number of esters is 1. The van der Waals surface area contributed by atoms with Gasteiger partial charge >= 0.3 is 5.97 Å². The largest absolute Gasteiger partial charge is 0.426 e. The molecule has 2 bridgehead atoms. The molecule has 5 heteroatoms. The molecular formula is C26H23NO4. The van der Waals surface area contributed by atoms with Crippen LogP contribution in [0.5, 0.6) is 5.75 Å². The summed E-state index contributed by atoms with van der Waals surface area (Å²) in [7, 11) is 0. The van der Waals surface area contributed by atoms with Crippen LogP contribution in [0.25, 0.3) is 11.1 Å². The van der Waals surface area contributed by atoms with Crippen molar-refractivity contribution in [2.75, 3.05) is 6.54 Å². The van der Waals surface area contributed by atoms with Gasteiger partial charge in [0.15, 0.2) is 0 Å². The number of hydrogen-bond donors (Lipinski definition) is 0. The van der Waals surface area contributed by atoms with E-state index in [2.05, 4.69) is 12.2 Å². The van der Waals surface area contributed by atoms with Crippen molar-refractivity contribution in [3.8, 4) is 16.9 Å². The molecule has 156 valence electrons. The van der Waals surface area contributed by atoms with Crippen LogP contribution in [0.2, 0.25) is 0 Å². The van der Waals surface area contributed by atoms with Gasteiger partial charge in [0, 0.05) is 6.54 Å². The van der Waals surface area contributed by atoms with E-state index in [1.807, 2.05) is 42.5 Å². The average molecular weight is 413 g/mol. The van der Waals surface area contributed by atoms with Crippen LogP contribution in [0.3, 0.4) is 0 Å². The lowest BCUT2D eigenvalue weighted by Gasteiger charge is -2.37. The summed E-state index contributed by atoms with van der Waals surface area (Å²) in [4.78, 5) is 39.6. The van der Waals surface area contributed by atoms with Crippen molar-refractivity contribution in [2.24, 2.45) is 35.5 Å². The molecule has 1 aliphatic heterocycles. The Balaban J connectivity index is 1.08. The molecule has 2 amide bonds. The molecule has 0 spiro atoms. The average Bonchev–Trinajstić information content (AvgIpc) is 3.58. The van der Waals surface area contributed by atoms with Gasteiger partial charge in [0.2, 0.25) is 11.8 Å². The molecule has 4 aliphatic carbocycles. The Hall–Kier alpha value is -3.21. The molecule has 0 radical (unpaired) electrons. The minimum Gasteiger partial charge on any atom is -0.426 e. The van der Waals surface area contributed by atoms with E-state index in [9.17, 15) is 14.4 Å². The SMILES string of the molecule is O=C(CCN1C(=O)[C@H]2[C@@H]3C=C[C@@H]([C@H]4C[C@H]34)[C@@H]2C1=O)Oc1ccc(-c2ccccc2)cc1. The Kier molecular flexibility index (Phi) is 4.13. The maximum absolute atomic E-state index is 13.0. The molecule has 31 heavy (non-hydrogen) atoms. The molecule has 1 heterocycles. The zero-order valence-corrected chi connectivity index (χ0v) is 17.0. The maximum Gasteiger partial charge on any atom is 0.312 e. The highest BCUT2D eigenvalue weighted by Crippen LogP contribution is 2.65. The van der Waals surface area contributed by atoms with E-state index in [1.54, 1.807) is 12.1 Å². The van der Waals surface area contributed by atoms with E-state index in [-0.39, 0.29) is 48.5 Å². The summed E-state index contributed by atoms with van der Waals surface area (Å²) in [6.07, 6.45) is 5.46. The van der Waals surface area contributed by atoms with Crippen molar-refractivity contribution in [3.63, 3.8) is 0 Å². The second-order valence-corrected chi connectivity index (χ2v) is 9.10. The van der Waals surface area contributed by atoms with Crippen LogP contribution < -0.4 is 4.74 Å². The fourth-order valence-electron chi connectivity index (χ4n) is 5.97. The molecule has 5 nitrogen and oxygen atoms in total. The van der Waals surface area contributed by atoms with Gasteiger partial charge < -0.3 is 4.74 Å². The molecular weight excluding hydrogens is 390 g/mol. The van der Waals surface area contributed by atoms with Gasteiger partial charge in [0.25, 0.3) is 0 Å². The highest BCUT2D eigenvalue weighted by atomic mass is 16.5. The van der Waals surface area contributed by atoms with Gasteiger partial charge in [-0.25, -0.2) is 0 Å². The lowest BCUT2D eigenvalue weighted by atomic mass is 9.63. The maximum atomic E-state index is 13.0. The van der Waals surface area contributed by atoms with Gasteiger partial charge in [-0.15, -0.1) is 0 Å². The molecule has 3 fully saturated rings. The number of allylic oxidation sites excluding steroid dienone is 2. The zero-order valence-electron chi connectivity index (χ0n) is 17.0. The van der Waals surface area contributed by atoms with Crippen LogP contribution in [0, 0.1) is 35.5 Å². The third-order valence-electron chi connectivity index (χ3n) is 7.49. The van der Waals surface area contributed by atoms with Crippen molar-refractivity contribution in [1.29, 1.82) is 0 Å². The predicted octanol–water partition coefficient (Wildman–Crippen LogP) is 3.70. The number of likely N-dealkylation sites (tertiary alicyclic amines) is 1. The Morgan fingerprint density at radius 3 is 2.03 bits per heavy atom. The smallest absolute Gasteiger partial charge is 0.312 e. The fraction of sp³-hybridized carbons (Fsp3) is 0.346. The number of imide groups is 1. The van der Waals surface area contributed by atoms with E-state index >= 15 is 0 Å². The zero-order chi connectivity index (χ0) is 21.1. The van der Waals surface area contributed by atoms with Crippen LogP contribution in [0.15, 0.2) is 66.7 Å². The number of rotatable bonds is 5. The van der Waals surface area contributed by atoms with Crippen LogP contribution in [0.1, 0.15) is 12.8 Å². The molecule has 7 rings (SSSR count). The van der Waals surface area contributed by atoms with Crippen LogP contribution in [-0.2, 0) is 14.4 Å². The summed E-state index contributed by atoms with van der Waals surface area (Å²) in [5, 5.41) is 0. The highest BCUT2D eigenvalue weighted by molar-refractivity contribution is 6.06. The number of hydrogen-bond acceptors (Lipinski definition) is 4. The Morgan fingerprint density at radius 2 is 1.42 bits per heavy atom. The highest BCUT2D eigenvalue weighted by Gasteiger charge is 2.66. The quantitative estimate of drug-likeness (QED) is 0.325. The van der Waals surface area contributed by atoms with E-state index < -0.39 is 5.97 Å². The van der Waals surface area contributed by atoms with Gasteiger partial charge in [0.1, 0.15) is 5.75 Å².